The van der Waals surface area contributed by atoms with Gasteiger partial charge in [0.15, 0.2) is 0 Å². The maximum atomic E-state index is 12.3. The topological polar surface area (TPSA) is 104 Å². The number of carbonyl (C=O) groups is 1. The molecule has 35 heavy (non-hydrogen) atoms. The molecule has 0 saturated carbocycles. The van der Waals surface area contributed by atoms with Gasteiger partial charge in [-0.05, 0) is 58.3 Å². The summed E-state index contributed by atoms with van der Waals surface area (Å²) >= 11 is 0. The van der Waals surface area contributed by atoms with Gasteiger partial charge in [0.25, 0.3) is 10.1 Å². The highest BCUT2D eigenvalue weighted by atomic mass is 32.2. The minimum atomic E-state index is -4.34. The van der Waals surface area contributed by atoms with Gasteiger partial charge in [-0.2, -0.15) is 8.42 Å². The maximum absolute atomic E-state index is 12.3. The van der Waals surface area contributed by atoms with Crippen LogP contribution in [0.25, 0.3) is 0 Å². The molecule has 0 bridgehead atoms. The predicted octanol–water partition coefficient (Wildman–Crippen LogP) is 6.45. The number of aliphatic hydroxyl groups is 1. The second-order valence-corrected chi connectivity index (χ2v) is 10.5. The van der Waals surface area contributed by atoms with E-state index in [-0.39, 0.29) is 12.3 Å². The van der Waals surface area contributed by atoms with Crippen molar-refractivity contribution in [3.63, 3.8) is 0 Å². The van der Waals surface area contributed by atoms with Gasteiger partial charge in [-0.1, -0.05) is 87.6 Å². The number of hydrogen-bond donors (Lipinski definition) is 3. The summed E-state index contributed by atoms with van der Waals surface area (Å²) in [7, 11) is -4.34. The second-order valence-electron chi connectivity index (χ2n) is 8.96. The van der Waals surface area contributed by atoms with Crippen LogP contribution in [0.4, 0.5) is 0 Å². The zero-order valence-corrected chi connectivity index (χ0v) is 22.7. The Morgan fingerprint density at radius 1 is 0.800 bits per heavy atom. The number of rotatable bonds is 22. The highest BCUT2D eigenvalue weighted by Gasteiger charge is 2.24. The molecule has 0 aromatic carbocycles. The Bertz CT molecular complexity index is 740. The first-order valence-electron chi connectivity index (χ1n) is 13.3. The molecule has 0 aliphatic rings. The summed E-state index contributed by atoms with van der Waals surface area (Å²) < 4.78 is 31.9. The van der Waals surface area contributed by atoms with Gasteiger partial charge in [-0.15, -0.1) is 0 Å². The Kier molecular flexibility index (Phi) is 21.6. The largest absolute Gasteiger partial charge is 0.387 e. The Morgan fingerprint density at radius 3 is 1.97 bits per heavy atom. The fourth-order valence-corrected chi connectivity index (χ4v) is 4.26. The van der Waals surface area contributed by atoms with Crippen LogP contribution in [0.1, 0.15) is 104 Å². The van der Waals surface area contributed by atoms with Crippen LogP contribution in [0.3, 0.4) is 0 Å². The summed E-state index contributed by atoms with van der Waals surface area (Å²) in [6, 6.07) is -1.08. The van der Waals surface area contributed by atoms with E-state index in [4.69, 9.17) is 0 Å². The van der Waals surface area contributed by atoms with Crippen LogP contribution >= 0.6 is 0 Å². The lowest BCUT2D eigenvalue weighted by atomic mass is 10.1. The number of unbranched alkanes of at least 4 members (excludes halogenated alkanes) is 9. The van der Waals surface area contributed by atoms with Crippen molar-refractivity contribution in [1.29, 1.82) is 0 Å². The van der Waals surface area contributed by atoms with Gasteiger partial charge < -0.3 is 10.4 Å². The lowest BCUT2D eigenvalue weighted by Crippen LogP contribution is -2.46. The first-order chi connectivity index (χ1) is 16.8. The molecular formula is C28H49NO5S. The molecule has 7 heteroatoms. The summed E-state index contributed by atoms with van der Waals surface area (Å²) in [6.45, 7) is 4.19. The van der Waals surface area contributed by atoms with Crippen molar-refractivity contribution in [1.82, 2.24) is 5.32 Å². The molecule has 0 radical (unpaired) electrons. The van der Waals surface area contributed by atoms with E-state index in [1.54, 1.807) is 6.08 Å². The molecule has 3 N–H and O–H groups in total. The Morgan fingerprint density at radius 2 is 1.34 bits per heavy atom. The number of amides is 1. The van der Waals surface area contributed by atoms with Gasteiger partial charge in [0.2, 0.25) is 5.91 Å². The van der Waals surface area contributed by atoms with Crippen LogP contribution in [0.5, 0.6) is 0 Å². The molecule has 0 aliphatic carbocycles. The monoisotopic (exact) mass is 511 g/mol. The van der Waals surface area contributed by atoms with Gasteiger partial charge in [0.1, 0.15) is 0 Å². The third kappa shape index (κ3) is 23.8. The van der Waals surface area contributed by atoms with Crippen LogP contribution in [0.2, 0.25) is 0 Å². The molecule has 0 fully saturated rings. The molecule has 2 atom stereocenters. The van der Waals surface area contributed by atoms with E-state index >= 15 is 0 Å². The fraction of sp³-hybridized carbons (Fsp3) is 0.679. The summed E-state index contributed by atoms with van der Waals surface area (Å²) in [6.07, 6.45) is 28.3. The fourth-order valence-electron chi connectivity index (χ4n) is 3.52. The highest BCUT2D eigenvalue weighted by Crippen LogP contribution is 2.09. The maximum Gasteiger partial charge on any atom is 0.267 e. The lowest BCUT2D eigenvalue weighted by molar-refractivity contribution is -0.122. The first kappa shape index (κ1) is 33.3. The molecule has 1 amide bonds. The number of allylic oxidation sites excluding steroid dienone is 7. The van der Waals surface area contributed by atoms with Gasteiger partial charge in [0.05, 0.1) is 17.9 Å². The van der Waals surface area contributed by atoms with Crippen molar-refractivity contribution in [2.24, 2.45) is 0 Å². The van der Waals surface area contributed by atoms with Gasteiger partial charge in [-0.3, -0.25) is 9.35 Å². The van der Waals surface area contributed by atoms with E-state index in [9.17, 15) is 22.9 Å². The summed E-state index contributed by atoms with van der Waals surface area (Å²) in [5, 5.41) is 13.0. The predicted molar refractivity (Wildman–Crippen MR) is 147 cm³/mol. The van der Waals surface area contributed by atoms with Gasteiger partial charge in [-0.25, -0.2) is 0 Å². The quantitative estimate of drug-likeness (QED) is 0.0881. The smallest absolute Gasteiger partial charge is 0.267 e. The van der Waals surface area contributed by atoms with E-state index in [0.29, 0.717) is 12.8 Å². The van der Waals surface area contributed by atoms with Crippen molar-refractivity contribution in [2.45, 2.75) is 116 Å². The standard InChI is InChI=1S/C28H49NO5S/c1-3-5-7-9-11-13-14-16-18-20-22-24-28(31)29-26(25-35(32,33)34)27(30)23-21-19-17-15-12-10-8-6-4-2/h4,6,9,11-12,15,21,23,26-27,30H,3,5,7-8,10,13-14,16-20,22,24-25H2,1-2H3,(H,29,31)(H,32,33,34)/b6-4+,11-9-,15-12+,23-21+. The van der Waals surface area contributed by atoms with Gasteiger partial charge >= 0.3 is 0 Å². The van der Waals surface area contributed by atoms with Crippen LogP contribution in [0.15, 0.2) is 48.6 Å². The number of aliphatic hydroxyl groups excluding tert-OH is 1. The second kappa shape index (κ2) is 22.7. The van der Waals surface area contributed by atoms with Gasteiger partial charge in [0, 0.05) is 6.42 Å². The number of nitrogens with one attached hydrogen (secondary N) is 1. The van der Waals surface area contributed by atoms with E-state index < -0.39 is 28.0 Å². The molecule has 202 valence electrons. The van der Waals surface area contributed by atoms with E-state index in [0.717, 1.165) is 57.8 Å². The van der Waals surface area contributed by atoms with E-state index in [1.165, 1.54) is 18.9 Å². The Labute approximate surface area is 214 Å². The van der Waals surface area contributed by atoms with Crippen LogP contribution in [0, 0.1) is 0 Å². The molecule has 2 unspecified atom stereocenters. The summed E-state index contributed by atoms with van der Waals surface area (Å²) in [4.78, 5) is 12.3. The average molecular weight is 512 g/mol. The minimum Gasteiger partial charge on any atom is -0.387 e. The van der Waals surface area contributed by atoms with Crippen LogP contribution in [-0.4, -0.2) is 41.9 Å². The molecule has 6 nitrogen and oxygen atoms in total. The summed E-state index contributed by atoms with van der Waals surface area (Å²) in [5.74, 6) is -1.03. The van der Waals surface area contributed by atoms with E-state index in [1.807, 2.05) is 13.0 Å². The molecule has 0 aromatic heterocycles. The highest BCUT2D eigenvalue weighted by molar-refractivity contribution is 7.85. The van der Waals surface area contributed by atoms with Crippen molar-refractivity contribution < 1.29 is 22.9 Å². The van der Waals surface area contributed by atoms with E-state index in [2.05, 4.69) is 42.6 Å². The zero-order chi connectivity index (χ0) is 26.2. The molecule has 0 aliphatic heterocycles. The van der Waals surface area contributed by atoms with Crippen molar-refractivity contribution in [3.05, 3.63) is 48.6 Å². The average Bonchev–Trinajstić information content (AvgIpc) is 2.80. The number of hydrogen-bond acceptors (Lipinski definition) is 4. The molecule has 0 aromatic rings. The lowest BCUT2D eigenvalue weighted by Gasteiger charge is -2.21. The van der Waals surface area contributed by atoms with Crippen molar-refractivity contribution in [3.8, 4) is 0 Å². The Hall–Kier alpha value is -1.70. The Balaban J connectivity index is 4.26. The third-order valence-corrected chi connectivity index (χ3v) is 6.33. The molecule has 0 rings (SSSR count). The van der Waals surface area contributed by atoms with Crippen molar-refractivity contribution in [2.75, 3.05) is 5.75 Å². The van der Waals surface area contributed by atoms with Crippen LogP contribution in [-0.2, 0) is 14.9 Å². The number of carbonyl (C=O) groups excluding carboxylic acids is 1. The molecule has 0 heterocycles. The minimum absolute atomic E-state index is 0.271. The zero-order valence-electron chi connectivity index (χ0n) is 21.9. The normalized spacial score (nSPS) is 14.5. The summed E-state index contributed by atoms with van der Waals surface area (Å²) in [5.41, 5.74) is 0. The van der Waals surface area contributed by atoms with Crippen molar-refractivity contribution >= 4 is 16.0 Å². The molecule has 0 saturated heterocycles. The van der Waals surface area contributed by atoms with Crippen LogP contribution < -0.4 is 5.32 Å². The third-order valence-electron chi connectivity index (χ3n) is 5.55. The SMILES string of the molecule is C/C=C/CC/C=C/CC/C=C/C(O)C(CS(=O)(=O)O)NC(=O)CCCCCCC/C=C\CCCC. The molecular weight excluding hydrogens is 462 g/mol. The molecule has 0 spiro atoms. The first-order valence-corrected chi connectivity index (χ1v) is 14.9.